The maximum absolute atomic E-state index is 12.2. The van der Waals surface area contributed by atoms with E-state index in [2.05, 4.69) is 4.18 Å². The minimum Gasteiger partial charge on any atom is -0.444 e. The summed E-state index contributed by atoms with van der Waals surface area (Å²) in [6.45, 7) is 4.02. The topological polar surface area (TPSA) is 90.0 Å². The Morgan fingerprint density at radius 2 is 1.91 bits per heavy atom. The lowest BCUT2D eigenvalue weighted by Crippen LogP contribution is -2.41. The number of hydrogen-bond acceptors (Lipinski definition) is 6. The number of aldehydes is 1. The van der Waals surface area contributed by atoms with Gasteiger partial charge in [-0.15, -0.1) is 0 Å². The molecule has 1 unspecified atom stereocenters. The number of carbonyl (C=O) groups excluding carboxylic acids is 2. The third kappa shape index (κ3) is 4.36. The molecule has 11 heteroatoms. The van der Waals surface area contributed by atoms with Crippen LogP contribution >= 0.6 is 0 Å². The molecule has 0 saturated carbocycles. The van der Waals surface area contributed by atoms with Crippen LogP contribution in [0.1, 0.15) is 20.8 Å². The SMILES string of the molecule is CC(C)(C)OC(=O)N1CC(OS(=O)(=O)C(F)(F)F)=CC1C=O. The van der Waals surface area contributed by atoms with Crippen molar-refractivity contribution in [2.24, 2.45) is 0 Å². The fourth-order valence-electron chi connectivity index (χ4n) is 1.47. The highest BCUT2D eigenvalue weighted by Gasteiger charge is 2.49. The quantitative estimate of drug-likeness (QED) is 0.438. The Kier molecular flexibility index (Phi) is 4.80. The number of nitrogens with zero attached hydrogens (tertiary/aromatic N) is 1. The second kappa shape index (κ2) is 5.78. The van der Waals surface area contributed by atoms with Gasteiger partial charge in [-0.25, -0.2) is 4.79 Å². The lowest BCUT2D eigenvalue weighted by Gasteiger charge is -2.26. The molecule has 0 bridgehead atoms. The van der Waals surface area contributed by atoms with Gasteiger partial charge in [0.15, 0.2) is 0 Å². The second-order valence-electron chi connectivity index (χ2n) is 5.35. The molecule has 0 aliphatic carbocycles. The number of amides is 1. The summed E-state index contributed by atoms with van der Waals surface area (Å²) in [6.07, 6.45) is 0.0737. The average molecular weight is 345 g/mol. The van der Waals surface area contributed by atoms with E-state index in [1.165, 1.54) is 0 Å². The number of hydrogen-bond donors (Lipinski definition) is 0. The van der Waals surface area contributed by atoms with Crippen molar-refractivity contribution < 1.29 is 40.1 Å². The van der Waals surface area contributed by atoms with Crippen molar-refractivity contribution in [3.63, 3.8) is 0 Å². The summed E-state index contributed by atoms with van der Waals surface area (Å²) in [5.41, 5.74) is -6.50. The Hall–Kier alpha value is -1.78. The molecular formula is C11H14F3NO6S. The van der Waals surface area contributed by atoms with Gasteiger partial charge in [-0.2, -0.15) is 21.6 Å². The normalized spacial score (nSPS) is 19.6. The van der Waals surface area contributed by atoms with Gasteiger partial charge < -0.3 is 13.7 Å². The van der Waals surface area contributed by atoms with E-state index in [0.717, 1.165) is 11.0 Å². The van der Waals surface area contributed by atoms with Crippen LogP contribution in [0.5, 0.6) is 0 Å². The number of halogens is 3. The summed E-state index contributed by atoms with van der Waals surface area (Å²) in [5.74, 6) is -0.680. The minimum absolute atomic E-state index is 0.250. The zero-order chi connectivity index (χ0) is 17.3. The van der Waals surface area contributed by atoms with Crippen LogP contribution in [0.15, 0.2) is 11.8 Å². The first kappa shape index (κ1) is 18.3. The Bertz CT molecular complexity index is 590. The fraction of sp³-hybridized carbons (Fsp3) is 0.636. The summed E-state index contributed by atoms with van der Waals surface area (Å²) in [4.78, 5) is 23.4. The predicted octanol–water partition coefficient (Wildman–Crippen LogP) is 1.55. The summed E-state index contributed by atoms with van der Waals surface area (Å²) in [5, 5.41) is 0. The molecule has 0 aromatic carbocycles. The Balaban J connectivity index is 2.88. The Morgan fingerprint density at radius 1 is 1.36 bits per heavy atom. The first-order chi connectivity index (χ1) is 9.77. The van der Waals surface area contributed by atoms with Gasteiger partial charge >= 0.3 is 21.7 Å². The van der Waals surface area contributed by atoms with Gasteiger partial charge in [-0.3, -0.25) is 4.90 Å². The first-order valence-electron chi connectivity index (χ1n) is 5.93. The number of carbonyl (C=O) groups is 2. The molecule has 0 saturated heterocycles. The van der Waals surface area contributed by atoms with E-state index in [9.17, 15) is 31.2 Å². The molecule has 1 aliphatic heterocycles. The number of rotatable bonds is 3. The number of ether oxygens (including phenoxy) is 1. The molecular weight excluding hydrogens is 331 g/mol. The van der Waals surface area contributed by atoms with Crippen molar-refractivity contribution in [1.82, 2.24) is 4.90 Å². The highest BCUT2D eigenvalue weighted by atomic mass is 32.2. The lowest BCUT2D eigenvalue weighted by molar-refractivity contribution is -0.110. The van der Waals surface area contributed by atoms with Gasteiger partial charge in [0.25, 0.3) is 0 Å². The second-order valence-corrected chi connectivity index (χ2v) is 6.89. The predicted molar refractivity (Wildman–Crippen MR) is 66.9 cm³/mol. The molecule has 0 spiro atoms. The maximum Gasteiger partial charge on any atom is 0.534 e. The molecule has 1 rings (SSSR count). The molecule has 126 valence electrons. The molecule has 0 N–H and O–H groups in total. The average Bonchev–Trinajstić information content (AvgIpc) is 2.67. The monoisotopic (exact) mass is 345 g/mol. The molecule has 0 aromatic rings. The van der Waals surface area contributed by atoms with Crippen molar-refractivity contribution in [2.75, 3.05) is 6.54 Å². The summed E-state index contributed by atoms with van der Waals surface area (Å²) in [7, 11) is -5.86. The summed E-state index contributed by atoms with van der Waals surface area (Å²) in [6, 6.07) is -1.27. The molecule has 1 heterocycles. The molecule has 0 radical (unpaired) electrons. The van der Waals surface area contributed by atoms with Crippen LogP contribution in [0.3, 0.4) is 0 Å². The van der Waals surface area contributed by atoms with Crippen LogP contribution in [0.4, 0.5) is 18.0 Å². The van der Waals surface area contributed by atoms with Crippen molar-refractivity contribution >= 4 is 22.5 Å². The minimum atomic E-state index is -5.86. The van der Waals surface area contributed by atoms with Crippen molar-refractivity contribution in [3.8, 4) is 0 Å². The molecule has 1 amide bonds. The third-order valence-corrected chi connectivity index (χ3v) is 3.31. The largest absolute Gasteiger partial charge is 0.534 e. The maximum atomic E-state index is 12.2. The Labute approximate surface area is 124 Å². The Morgan fingerprint density at radius 3 is 2.32 bits per heavy atom. The number of alkyl halides is 3. The van der Waals surface area contributed by atoms with E-state index in [-0.39, 0.29) is 6.29 Å². The van der Waals surface area contributed by atoms with Crippen LogP contribution in [0.2, 0.25) is 0 Å². The van der Waals surface area contributed by atoms with Crippen LogP contribution in [-0.4, -0.2) is 49.4 Å². The van der Waals surface area contributed by atoms with Crippen LogP contribution in [0, 0.1) is 0 Å². The van der Waals surface area contributed by atoms with Crippen LogP contribution < -0.4 is 0 Å². The van der Waals surface area contributed by atoms with Gasteiger partial charge in [0.2, 0.25) is 0 Å². The smallest absolute Gasteiger partial charge is 0.444 e. The van der Waals surface area contributed by atoms with Gasteiger partial charge in [0.05, 0.1) is 6.54 Å². The molecule has 0 aromatic heterocycles. The van der Waals surface area contributed by atoms with Gasteiger partial charge in [0, 0.05) is 0 Å². The van der Waals surface area contributed by atoms with E-state index in [1.807, 2.05) is 0 Å². The lowest BCUT2D eigenvalue weighted by atomic mass is 10.2. The standard InChI is InChI=1S/C11H14F3NO6S/c1-10(2,3)20-9(17)15-5-8(4-7(15)6-16)21-22(18,19)11(12,13)14/h4,6-7H,5H2,1-3H3. The fourth-order valence-corrected chi connectivity index (χ4v) is 1.95. The molecule has 1 atom stereocenters. The zero-order valence-electron chi connectivity index (χ0n) is 11.9. The summed E-state index contributed by atoms with van der Waals surface area (Å²) >= 11 is 0. The van der Waals surface area contributed by atoms with Crippen molar-refractivity contribution in [2.45, 2.75) is 37.9 Å². The van der Waals surface area contributed by atoms with E-state index in [1.54, 1.807) is 20.8 Å². The van der Waals surface area contributed by atoms with Crippen LogP contribution in [0.25, 0.3) is 0 Å². The third-order valence-electron chi connectivity index (χ3n) is 2.31. The highest BCUT2D eigenvalue weighted by Crippen LogP contribution is 2.29. The van der Waals surface area contributed by atoms with E-state index >= 15 is 0 Å². The van der Waals surface area contributed by atoms with Gasteiger partial charge in [0.1, 0.15) is 23.7 Å². The zero-order valence-corrected chi connectivity index (χ0v) is 12.7. The van der Waals surface area contributed by atoms with Gasteiger partial charge in [-0.1, -0.05) is 0 Å². The van der Waals surface area contributed by atoms with E-state index in [0.29, 0.717) is 0 Å². The molecule has 1 aliphatic rings. The molecule has 7 nitrogen and oxygen atoms in total. The van der Waals surface area contributed by atoms with E-state index < -0.39 is 45.7 Å². The molecule has 0 fully saturated rings. The van der Waals surface area contributed by atoms with Crippen LogP contribution in [-0.2, 0) is 23.8 Å². The van der Waals surface area contributed by atoms with Crippen molar-refractivity contribution in [1.29, 1.82) is 0 Å². The van der Waals surface area contributed by atoms with Gasteiger partial charge in [-0.05, 0) is 26.8 Å². The molecule has 22 heavy (non-hydrogen) atoms. The summed E-state index contributed by atoms with van der Waals surface area (Å²) < 4.78 is 67.4. The highest BCUT2D eigenvalue weighted by molar-refractivity contribution is 7.87. The van der Waals surface area contributed by atoms with E-state index in [4.69, 9.17) is 4.74 Å². The first-order valence-corrected chi connectivity index (χ1v) is 7.34. The van der Waals surface area contributed by atoms with Crippen molar-refractivity contribution in [3.05, 3.63) is 11.8 Å².